The number of aryl methyl sites for hydroxylation is 1. The van der Waals surface area contributed by atoms with Crippen molar-refractivity contribution in [1.29, 1.82) is 0 Å². The van der Waals surface area contributed by atoms with Crippen molar-refractivity contribution in [3.63, 3.8) is 0 Å². The van der Waals surface area contributed by atoms with Crippen LogP contribution in [0.1, 0.15) is 28.8 Å². The molecule has 0 aliphatic carbocycles. The predicted octanol–water partition coefficient (Wildman–Crippen LogP) is 2.84. The molecule has 3 rings (SSSR count). The van der Waals surface area contributed by atoms with Crippen molar-refractivity contribution < 1.29 is 18.7 Å². The standard InChI is InChI=1S/C18H20N2O4/c1-12-5-6-16(23-2)14(10-12)19-17(21)15-4-3-8-20(15)18(22)13-7-9-24-11-13/h5-7,9-11,15H,3-4,8H2,1-2H3,(H,19,21). The maximum absolute atomic E-state index is 12.7. The van der Waals surface area contributed by atoms with Gasteiger partial charge in [0.1, 0.15) is 18.1 Å². The molecule has 6 heteroatoms. The van der Waals surface area contributed by atoms with Gasteiger partial charge in [-0.1, -0.05) is 6.07 Å². The third-order valence-corrected chi connectivity index (χ3v) is 4.20. The van der Waals surface area contributed by atoms with E-state index in [0.717, 1.165) is 12.0 Å². The van der Waals surface area contributed by atoms with Gasteiger partial charge in [-0.3, -0.25) is 9.59 Å². The molecule has 0 saturated carbocycles. The molecule has 24 heavy (non-hydrogen) atoms. The minimum absolute atomic E-state index is 0.183. The van der Waals surface area contributed by atoms with E-state index < -0.39 is 6.04 Å². The Hall–Kier alpha value is -2.76. The van der Waals surface area contributed by atoms with E-state index in [-0.39, 0.29) is 11.8 Å². The summed E-state index contributed by atoms with van der Waals surface area (Å²) in [4.78, 5) is 26.8. The molecule has 0 bridgehead atoms. The van der Waals surface area contributed by atoms with Crippen LogP contribution < -0.4 is 10.1 Å². The maximum atomic E-state index is 12.7. The van der Waals surface area contributed by atoms with Crippen molar-refractivity contribution in [2.45, 2.75) is 25.8 Å². The van der Waals surface area contributed by atoms with Crippen LogP contribution in [0.15, 0.2) is 41.2 Å². The highest BCUT2D eigenvalue weighted by Crippen LogP contribution is 2.27. The summed E-state index contributed by atoms with van der Waals surface area (Å²) in [5.74, 6) is 0.213. The van der Waals surface area contributed by atoms with E-state index in [1.54, 1.807) is 18.1 Å². The first-order valence-electron chi connectivity index (χ1n) is 7.89. The molecule has 1 aromatic carbocycles. The number of nitrogens with zero attached hydrogens (tertiary/aromatic N) is 1. The van der Waals surface area contributed by atoms with E-state index in [0.29, 0.717) is 30.0 Å². The summed E-state index contributed by atoms with van der Waals surface area (Å²) in [5.41, 5.74) is 2.09. The number of carbonyl (C=O) groups is 2. The number of carbonyl (C=O) groups excluding carboxylic acids is 2. The molecule has 1 aliphatic heterocycles. The predicted molar refractivity (Wildman–Crippen MR) is 89.1 cm³/mol. The van der Waals surface area contributed by atoms with Gasteiger partial charge in [-0.25, -0.2) is 0 Å². The lowest BCUT2D eigenvalue weighted by Gasteiger charge is -2.24. The van der Waals surface area contributed by atoms with Crippen LogP contribution >= 0.6 is 0 Å². The molecule has 2 heterocycles. The number of benzene rings is 1. The van der Waals surface area contributed by atoms with E-state index in [9.17, 15) is 9.59 Å². The molecule has 0 spiro atoms. The lowest BCUT2D eigenvalue weighted by Crippen LogP contribution is -2.43. The van der Waals surface area contributed by atoms with Crippen molar-refractivity contribution in [2.24, 2.45) is 0 Å². The van der Waals surface area contributed by atoms with Crippen molar-refractivity contribution >= 4 is 17.5 Å². The zero-order chi connectivity index (χ0) is 17.1. The number of hydrogen-bond donors (Lipinski definition) is 1. The normalized spacial score (nSPS) is 16.9. The number of furan rings is 1. The number of hydrogen-bond acceptors (Lipinski definition) is 4. The minimum Gasteiger partial charge on any atom is -0.495 e. The minimum atomic E-state index is -0.488. The SMILES string of the molecule is COc1ccc(C)cc1NC(=O)C1CCCN1C(=O)c1ccoc1. The van der Waals surface area contributed by atoms with E-state index in [2.05, 4.69) is 5.32 Å². The smallest absolute Gasteiger partial charge is 0.257 e. The third-order valence-electron chi connectivity index (χ3n) is 4.20. The van der Waals surface area contributed by atoms with Crippen LogP contribution in [0, 0.1) is 6.92 Å². The van der Waals surface area contributed by atoms with E-state index in [4.69, 9.17) is 9.15 Å². The second-order valence-corrected chi connectivity index (χ2v) is 5.86. The topological polar surface area (TPSA) is 71.8 Å². The molecule has 2 aromatic rings. The molecule has 126 valence electrons. The maximum Gasteiger partial charge on any atom is 0.257 e. The molecule has 1 unspecified atom stereocenters. The van der Waals surface area contributed by atoms with E-state index in [1.165, 1.54) is 12.5 Å². The van der Waals surface area contributed by atoms with Crippen LogP contribution in [0.5, 0.6) is 5.75 Å². The van der Waals surface area contributed by atoms with Crippen LogP contribution in [-0.2, 0) is 4.79 Å². The van der Waals surface area contributed by atoms with Crippen LogP contribution in [-0.4, -0.2) is 36.4 Å². The molecule has 1 atom stereocenters. The molecule has 2 amide bonds. The van der Waals surface area contributed by atoms with Gasteiger partial charge in [-0.2, -0.15) is 0 Å². The second kappa shape index (κ2) is 6.78. The number of ether oxygens (including phenoxy) is 1. The summed E-state index contributed by atoms with van der Waals surface area (Å²) in [6.45, 7) is 2.51. The summed E-state index contributed by atoms with van der Waals surface area (Å²) in [5, 5.41) is 2.89. The Morgan fingerprint density at radius 1 is 1.33 bits per heavy atom. The fraction of sp³-hybridized carbons (Fsp3) is 0.333. The number of methoxy groups -OCH3 is 1. The first-order chi connectivity index (χ1) is 11.6. The molecular weight excluding hydrogens is 308 g/mol. The zero-order valence-electron chi connectivity index (χ0n) is 13.7. The molecule has 1 N–H and O–H groups in total. The van der Waals surface area contributed by atoms with Gasteiger partial charge >= 0.3 is 0 Å². The highest BCUT2D eigenvalue weighted by atomic mass is 16.5. The fourth-order valence-electron chi connectivity index (χ4n) is 2.97. The Labute approximate surface area is 140 Å². The third kappa shape index (κ3) is 3.13. The van der Waals surface area contributed by atoms with Gasteiger partial charge in [0.2, 0.25) is 5.91 Å². The monoisotopic (exact) mass is 328 g/mol. The van der Waals surface area contributed by atoms with Crippen molar-refractivity contribution in [1.82, 2.24) is 4.90 Å². The average Bonchev–Trinajstić information content (AvgIpc) is 3.26. The molecule has 1 aliphatic rings. The molecule has 1 aromatic heterocycles. The van der Waals surface area contributed by atoms with Gasteiger partial charge in [0.05, 0.1) is 24.6 Å². The van der Waals surface area contributed by atoms with Gasteiger partial charge in [-0.15, -0.1) is 0 Å². The summed E-state index contributed by atoms with van der Waals surface area (Å²) < 4.78 is 10.3. The van der Waals surface area contributed by atoms with Gasteiger partial charge in [0, 0.05) is 6.54 Å². The summed E-state index contributed by atoms with van der Waals surface area (Å²) >= 11 is 0. The Kier molecular flexibility index (Phi) is 4.55. The Bertz CT molecular complexity index is 739. The lowest BCUT2D eigenvalue weighted by molar-refractivity contribution is -0.119. The molecule has 1 fully saturated rings. The first kappa shape index (κ1) is 16.1. The molecular formula is C18H20N2O4. The Morgan fingerprint density at radius 3 is 2.88 bits per heavy atom. The molecule has 6 nitrogen and oxygen atoms in total. The molecule has 1 saturated heterocycles. The Morgan fingerprint density at radius 2 is 2.17 bits per heavy atom. The van der Waals surface area contributed by atoms with Crippen molar-refractivity contribution in [3.8, 4) is 5.75 Å². The second-order valence-electron chi connectivity index (χ2n) is 5.86. The largest absolute Gasteiger partial charge is 0.495 e. The van der Waals surface area contributed by atoms with E-state index >= 15 is 0 Å². The quantitative estimate of drug-likeness (QED) is 0.937. The van der Waals surface area contributed by atoms with E-state index in [1.807, 2.05) is 25.1 Å². The van der Waals surface area contributed by atoms with Gasteiger partial charge < -0.3 is 19.4 Å². The van der Waals surface area contributed by atoms with Crippen LogP contribution in [0.3, 0.4) is 0 Å². The lowest BCUT2D eigenvalue weighted by atomic mass is 10.1. The Balaban J connectivity index is 1.77. The van der Waals surface area contributed by atoms with Crippen molar-refractivity contribution in [2.75, 3.05) is 19.0 Å². The fourth-order valence-corrected chi connectivity index (χ4v) is 2.97. The van der Waals surface area contributed by atoms with Crippen LogP contribution in [0.4, 0.5) is 5.69 Å². The summed E-state index contributed by atoms with van der Waals surface area (Å²) in [6, 6.07) is 6.71. The van der Waals surface area contributed by atoms with Gasteiger partial charge in [0.15, 0.2) is 0 Å². The number of nitrogens with one attached hydrogen (secondary N) is 1. The highest BCUT2D eigenvalue weighted by molar-refractivity contribution is 6.02. The van der Waals surface area contributed by atoms with Crippen LogP contribution in [0.2, 0.25) is 0 Å². The van der Waals surface area contributed by atoms with Crippen molar-refractivity contribution in [3.05, 3.63) is 47.9 Å². The number of rotatable bonds is 4. The summed E-state index contributed by atoms with van der Waals surface area (Å²) in [6.07, 6.45) is 4.30. The molecule has 0 radical (unpaired) electrons. The summed E-state index contributed by atoms with van der Waals surface area (Å²) in [7, 11) is 1.56. The zero-order valence-corrected chi connectivity index (χ0v) is 13.7. The van der Waals surface area contributed by atoms with Gasteiger partial charge in [0.25, 0.3) is 5.91 Å². The van der Waals surface area contributed by atoms with Gasteiger partial charge in [-0.05, 0) is 43.5 Å². The number of likely N-dealkylation sites (tertiary alicyclic amines) is 1. The highest BCUT2D eigenvalue weighted by Gasteiger charge is 2.35. The first-order valence-corrected chi connectivity index (χ1v) is 7.89. The number of amides is 2. The average molecular weight is 328 g/mol. The number of anilines is 1. The van der Waals surface area contributed by atoms with Crippen LogP contribution in [0.25, 0.3) is 0 Å².